The topological polar surface area (TPSA) is 130 Å². The van der Waals surface area contributed by atoms with Crippen molar-refractivity contribution in [1.82, 2.24) is 5.32 Å². The minimum Gasteiger partial charge on any atom is -0.496 e. The number of nitrogens with one attached hydrogen (secondary N) is 1. The highest BCUT2D eigenvalue weighted by atomic mass is 16.6. The van der Waals surface area contributed by atoms with Gasteiger partial charge in [0.1, 0.15) is 35.0 Å². The van der Waals surface area contributed by atoms with Crippen LogP contribution >= 0.6 is 0 Å². The van der Waals surface area contributed by atoms with E-state index in [0.717, 1.165) is 22.3 Å². The number of methoxy groups -OCH3 is 2. The Labute approximate surface area is 270 Å². The van der Waals surface area contributed by atoms with Gasteiger partial charge in [-0.05, 0) is 62.8 Å². The molecule has 10 nitrogen and oxygen atoms in total. The first kappa shape index (κ1) is 34.1. The van der Waals surface area contributed by atoms with E-state index in [9.17, 15) is 14.4 Å². The third-order valence-electron chi connectivity index (χ3n) is 7.74. The van der Waals surface area contributed by atoms with Crippen LogP contribution in [0.1, 0.15) is 69.6 Å². The van der Waals surface area contributed by atoms with Crippen molar-refractivity contribution >= 4 is 18.0 Å². The van der Waals surface area contributed by atoms with Gasteiger partial charge in [0.2, 0.25) is 0 Å². The number of benzene rings is 3. The van der Waals surface area contributed by atoms with Gasteiger partial charge in [0.05, 0.1) is 20.8 Å². The van der Waals surface area contributed by atoms with Gasteiger partial charge >= 0.3 is 18.0 Å². The summed E-state index contributed by atoms with van der Waals surface area (Å²) in [4.78, 5) is 37.9. The van der Waals surface area contributed by atoms with E-state index in [4.69, 9.17) is 28.8 Å². The summed E-state index contributed by atoms with van der Waals surface area (Å²) in [7, 11) is 2.97. The predicted molar refractivity (Wildman–Crippen MR) is 173 cm³/mol. The lowest BCUT2D eigenvalue weighted by Crippen LogP contribution is -2.56. The minimum absolute atomic E-state index is 0.0443. The zero-order chi connectivity index (χ0) is 33.5. The molecule has 0 saturated carbocycles. The lowest BCUT2D eigenvalue weighted by molar-refractivity contribution is -0.162. The zero-order valence-electron chi connectivity index (χ0n) is 27.3. The van der Waals surface area contributed by atoms with E-state index in [1.165, 1.54) is 14.2 Å². The molecule has 1 aliphatic carbocycles. The highest BCUT2D eigenvalue weighted by Crippen LogP contribution is 2.44. The Balaban J connectivity index is 1.55. The first-order valence-electron chi connectivity index (χ1n) is 15.3. The number of unbranched alkanes of at least 4 members (excludes halogenated alkanes) is 1. The number of esters is 1. The molecular formula is C36H43NO9. The van der Waals surface area contributed by atoms with Gasteiger partial charge in [-0.25, -0.2) is 9.59 Å². The van der Waals surface area contributed by atoms with E-state index < -0.39 is 29.2 Å². The zero-order valence-corrected chi connectivity index (χ0v) is 27.3. The number of alkyl carbamates (subject to hydrolysis) is 1. The summed E-state index contributed by atoms with van der Waals surface area (Å²) >= 11 is 0. The summed E-state index contributed by atoms with van der Waals surface area (Å²) in [6.07, 6.45) is 0.290. The third-order valence-corrected chi connectivity index (χ3v) is 7.74. The quantitative estimate of drug-likeness (QED) is 0.151. The Morgan fingerprint density at radius 2 is 1.41 bits per heavy atom. The molecule has 4 rings (SSSR count). The van der Waals surface area contributed by atoms with Crippen molar-refractivity contribution in [3.63, 3.8) is 0 Å². The van der Waals surface area contributed by atoms with E-state index in [0.29, 0.717) is 42.3 Å². The SMILES string of the molecule is COc1cc(OCCCCC(=O)O)cc(OC)c1C[C@@](C)(NC(=O)OCC1c2ccccc2-c2ccccc21)C(=O)OC(C)(C)C. The summed E-state index contributed by atoms with van der Waals surface area (Å²) in [5.74, 6) is -0.448. The molecule has 10 heteroatoms. The Hall–Kier alpha value is -4.73. The number of carboxylic acids is 1. The summed E-state index contributed by atoms with van der Waals surface area (Å²) in [5.41, 5.74) is 2.48. The van der Waals surface area contributed by atoms with Gasteiger partial charge in [-0.1, -0.05) is 48.5 Å². The molecule has 1 atom stereocenters. The number of aliphatic carboxylic acids is 1. The maximum atomic E-state index is 13.7. The Morgan fingerprint density at radius 1 is 0.848 bits per heavy atom. The van der Waals surface area contributed by atoms with Crippen molar-refractivity contribution in [3.8, 4) is 28.4 Å². The normalized spacial score (nSPS) is 13.5. The van der Waals surface area contributed by atoms with Gasteiger partial charge in [0.15, 0.2) is 0 Å². The molecule has 0 spiro atoms. The number of amides is 1. The van der Waals surface area contributed by atoms with Crippen molar-refractivity contribution < 1.29 is 43.2 Å². The van der Waals surface area contributed by atoms with Gasteiger partial charge in [0, 0.05) is 36.5 Å². The van der Waals surface area contributed by atoms with Crippen molar-refractivity contribution in [2.75, 3.05) is 27.4 Å². The summed E-state index contributed by atoms with van der Waals surface area (Å²) < 4.78 is 28.7. The maximum absolute atomic E-state index is 13.7. The number of hydrogen-bond donors (Lipinski definition) is 2. The van der Waals surface area contributed by atoms with E-state index in [2.05, 4.69) is 17.4 Å². The lowest BCUT2D eigenvalue weighted by atomic mass is 9.91. The molecule has 0 saturated heterocycles. The van der Waals surface area contributed by atoms with E-state index in [-0.39, 0.29) is 25.4 Å². The molecule has 2 N–H and O–H groups in total. The molecule has 0 radical (unpaired) electrons. The fourth-order valence-corrected chi connectivity index (χ4v) is 5.56. The number of ether oxygens (including phenoxy) is 5. The average Bonchev–Trinajstić information content (AvgIpc) is 3.32. The Bertz CT molecular complexity index is 1490. The Kier molecular flexibility index (Phi) is 10.8. The Morgan fingerprint density at radius 3 is 1.93 bits per heavy atom. The molecule has 0 heterocycles. The molecular weight excluding hydrogens is 590 g/mol. The van der Waals surface area contributed by atoms with Gasteiger partial charge in [-0.15, -0.1) is 0 Å². The van der Waals surface area contributed by atoms with Crippen LogP contribution in [0.5, 0.6) is 17.2 Å². The second-order valence-electron chi connectivity index (χ2n) is 12.5. The summed E-state index contributed by atoms with van der Waals surface area (Å²) in [6.45, 7) is 7.22. The second kappa shape index (κ2) is 14.6. The molecule has 0 aliphatic heterocycles. The van der Waals surface area contributed by atoms with E-state index in [1.54, 1.807) is 39.8 Å². The number of carbonyl (C=O) groups excluding carboxylic acids is 2. The van der Waals surface area contributed by atoms with Crippen LogP contribution in [0.25, 0.3) is 11.1 Å². The highest BCUT2D eigenvalue weighted by molar-refractivity contribution is 5.86. The number of carbonyl (C=O) groups is 3. The van der Waals surface area contributed by atoms with Crippen LogP contribution in [0.15, 0.2) is 60.7 Å². The molecule has 1 amide bonds. The van der Waals surface area contributed by atoms with Gasteiger partial charge in [-0.2, -0.15) is 0 Å². The first-order valence-corrected chi connectivity index (χ1v) is 15.3. The molecule has 3 aromatic carbocycles. The summed E-state index contributed by atoms with van der Waals surface area (Å²) in [6, 6.07) is 19.4. The number of rotatable bonds is 14. The number of fused-ring (bicyclic) bond motifs is 3. The van der Waals surface area contributed by atoms with Crippen LogP contribution in [0.4, 0.5) is 4.79 Å². The first-order chi connectivity index (χ1) is 21.8. The van der Waals surface area contributed by atoms with Gasteiger partial charge < -0.3 is 34.1 Å². The summed E-state index contributed by atoms with van der Waals surface area (Å²) in [5, 5.41) is 11.6. The predicted octanol–water partition coefficient (Wildman–Crippen LogP) is 6.52. The monoisotopic (exact) mass is 633 g/mol. The molecule has 0 bridgehead atoms. The maximum Gasteiger partial charge on any atom is 0.408 e. The van der Waals surface area contributed by atoms with Crippen LogP contribution in [0.2, 0.25) is 0 Å². The van der Waals surface area contributed by atoms with Crippen LogP contribution in [0, 0.1) is 0 Å². The largest absolute Gasteiger partial charge is 0.496 e. The molecule has 3 aromatic rings. The van der Waals surface area contributed by atoms with E-state index in [1.807, 2.05) is 36.4 Å². The van der Waals surface area contributed by atoms with Crippen LogP contribution in [0.3, 0.4) is 0 Å². The van der Waals surface area contributed by atoms with Gasteiger partial charge in [-0.3, -0.25) is 4.79 Å². The van der Waals surface area contributed by atoms with Gasteiger partial charge in [0.25, 0.3) is 0 Å². The fraction of sp³-hybridized carbons (Fsp3) is 0.417. The molecule has 0 aromatic heterocycles. The van der Waals surface area contributed by atoms with Crippen LogP contribution < -0.4 is 19.5 Å². The van der Waals surface area contributed by atoms with Crippen molar-refractivity contribution in [2.45, 2.75) is 70.4 Å². The smallest absolute Gasteiger partial charge is 0.408 e. The lowest BCUT2D eigenvalue weighted by Gasteiger charge is -2.33. The van der Waals surface area contributed by atoms with E-state index >= 15 is 0 Å². The van der Waals surface area contributed by atoms with Crippen molar-refractivity contribution in [2.24, 2.45) is 0 Å². The molecule has 46 heavy (non-hydrogen) atoms. The second-order valence-corrected chi connectivity index (χ2v) is 12.5. The standard InChI is InChI=1S/C36H43NO9/c1-35(2,3)46-33(40)36(4,21-28-30(42-5)19-23(20-31(28)43-6)44-18-12-11-17-32(38)39)37-34(41)45-22-29-26-15-9-7-13-24(26)25-14-8-10-16-27(25)29/h7-10,13-16,19-20,29H,11-12,17-18,21-22H2,1-6H3,(H,37,41)(H,38,39)/t36-/m1/s1. The molecule has 1 aliphatic rings. The molecule has 0 unspecified atom stereocenters. The van der Waals surface area contributed by atoms with Crippen LogP contribution in [-0.4, -0.2) is 61.7 Å². The molecule has 246 valence electrons. The fourth-order valence-electron chi connectivity index (χ4n) is 5.56. The van der Waals surface area contributed by atoms with Crippen molar-refractivity contribution in [1.29, 1.82) is 0 Å². The van der Waals surface area contributed by atoms with Crippen LogP contribution in [-0.2, 0) is 25.5 Å². The minimum atomic E-state index is -1.57. The average molecular weight is 634 g/mol. The third kappa shape index (κ3) is 8.29. The highest BCUT2D eigenvalue weighted by Gasteiger charge is 2.41. The van der Waals surface area contributed by atoms with Crippen molar-refractivity contribution in [3.05, 3.63) is 77.4 Å². The molecule has 0 fully saturated rings. The number of hydrogen-bond acceptors (Lipinski definition) is 8. The number of carboxylic acid groups (broad SMARTS) is 1.